The van der Waals surface area contributed by atoms with Crippen LogP contribution in [0.5, 0.6) is 11.6 Å². The van der Waals surface area contributed by atoms with E-state index in [1.807, 2.05) is 0 Å². The van der Waals surface area contributed by atoms with Gasteiger partial charge in [-0.3, -0.25) is 0 Å². The first-order valence-electron chi connectivity index (χ1n) is 4.77. The highest BCUT2D eigenvalue weighted by molar-refractivity contribution is 5.43. The number of hydrogen-bond donors (Lipinski definition) is 0. The maximum atomic E-state index is 12.7. The molecule has 19 heavy (non-hydrogen) atoms. The van der Waals surface area contributed by atoms with Gasteiger partial charge < -0.3 is 9.47 Å². The van der Waals surface area contributed by atoms with Gasteiger partial charge in [0, 0.05) is 11.6 Å². The number of hydrogen-bond acceptors (Lipinski definition) is 4. The van der Waals surface area contributed by atoms with Crippen LogP contribution in [0.4, 0.5) is 22.0 Å². The maximum Gasteiger partial charge on any atom is 0.574 e. The summed E-state index contributed by atoms with van der Waals surface area (Å²) in [6.07, 6.45) is -8.64. The molecule has 0 radical (unpaired) electrons. The Morgan fingerprint density at radius 3 is 2.47 bits per heavy atom. The monoisotopic (exact) mass is 282 g/mol. The molecule has 104 valence electrons. The van der Waals surface area contributed by atoms with Crippen molar-refractivity contribution < 1.29 is 31.4 Å². The van der Waals surface area contributed by atoms with Crippen LogP contribution in [0.15, 0.2) is 6.07 Å². The van der Waals surface area contributed by atoms with Gasteiger partial charge in [-0.05, 0) is 0 Å². The van der Waals surface area contributed by atoms with Crippen LogP contribution in [-0.2, 0) is 6.42 Å². The molecule has 0 fully saturated rings. The number of pyridine rings is 1. The van der Waals surface area contributed by atoms with Crippen molar-refractivity contribution in [3.63, 3.8) is 0 Å². The molecule has 1 heterocycles. The first-order chi connectivity index (χ1) is 8.78. The molecule has 1 aromatic rings. The second-order valence-electron chi connectivity index (χ2n) is 3.22. The first-order valence-corrected chi connectivity index (χ1v) is 4.77. The summed E-state index contributed by atoms with van der Waals surface area (Å²) in [4.78, 5) is 3.04. The van der Waals surface area contributed by atoms with E-state index in [0.29, 0.717) is 0 Å². The van der Waals surface area contributed by atoms with E-state index in [1.165, 1.54) is 0 Å². The lowest BCUT2D eigenvalue weighted by atomic mass is 10.1. The molecule has 0 aliphatic rings. The van der Waals surface area contributed by atoms with Crippen LogP contribution < -0.4 is 9.47 Å². The number of halogens is 5. The fraction of sp³-hybridized carbons (Fsp3) is 0.400. The Morgan fingerprint density at radius 1 is 1.42 bits per heavy atom. The van der Waals surface area contributed by atoms with E-state index in [2.05, 4.69) is 14.5 Å². The Kier molecular flexibility index (Phi) is 4.47. The molecule has 0 unspecified atom stereocenters. The summed E-state index contributed by atoms with van der Waals surface area (Å²) in [6, 6.07) is 2.36. The lowest BCUT2D eigenvalue weighted by Gasteiger charge is -2.14. The van der Waals surface area contributed by atoms with Gasteiger partial charge in [0.25, 0.3) is 6.43 Å². The zero-order chi connectivity index (χ0) is 14.6. The van der Waals surface area contributed by atoms with Crippen molar-refractivity contribution in [3.8, 4) is 17.7 Å². The fourth-order valence-corrected chi connectivity index (χ4v) is 1.35. The summed E-state index contributed by atoms with van der Waals surface area (Å²) in [6.45, 7) is 0. The minimum atomic E-state index is -5.06. The molecule has 0 bridgehead atoms. The van der Waals surface area contributed by atoms with Crippen molar-refractivity contribution in [1.82, 2.24) is 4.98 Å². The molecule has 4 nitrogen and oxygen atoms in total. The average Bonchev–Trinajstić information content (AvgIpc) is 2.26. The van der Waals surface area contributed by atoms with E-state index in [0.717, 1.165) is 13.2 Å². The summed E-state index contributed by atoms with van der Waals surface area (Å²) < 4.78 is 69.6. The van der Waals surface area contributed by atoms with Gasteiger partial charge in [-0.2, -0.15) is 5.26 Å². The van der Waals surface area contributed by atoms with Crippen LogP contribution in [0, 0.1) is 11.3 Å². The highest BCUT2D eigenvalue weighted by Gasteiger charge is 2.33. The van der Waals surface area contributed by atoms with E-state index in [4.69, 9.17) is 5.26 Å². The number of alkyl halides is 5. The SMILES string of the molecule is COc1c(CC#N)cc(OC(F)(F)F)nc1C(F)F. The predicted octanol–water partition coefficient (Wildman–Crippen LogP) is 2.99. The number of nitriles is 1. The van der Waals surface area contributed by atoms with Crippen LogP contribution >= 0.6 is 0 Å². The minimum absolute atomic E-state index is 0.158. The van der Waals surface area contributed by atoms with Gasteiger partial charge in [0.2, 0.25) is 5.88 Å². The minimum Gasteiger partial charge on any atom is -0.494 e. The number of aromatic nitrogens is 1. The van der Waals surface area contributed by atoms with Crippen LogP contribution in [-0.4, -0.2) is 18.5 Å². The second kappa shape index (κ2) is 5.69. The Bertz CT molecular complexity index is 496. The van der Waals surface area contributed by atoms with E-state index >= 15 is 0 Å². The van der Waals surface area contributed by atoms with E-state index in [9.17, 15) is 22.0 Å². The van der Waals surface area contributed by atoms with Crippen LogP contribution in [0.1, 0.15) is 17.7 Å². The van der Waals surface area contributed by atoms with E-state index in [1.54, 1.807) is 6.07 Å². The normalized spacial score (nSPS) is 11.3. The topological polar surface area (TPSA) is 55.1 Å². The van der Waals surface area contributed by atoms with Crippen molar-refractivity contribution in [1.29, 1.82) is 5.26 Å². The summed E-state index contributed by atoms with van der Waals surface area (Å²) in [5.74, 6) is -1.49. The van der Waals surface area contributed by atoms with Crippen molar-refractivity contribution >= 4 is 0 Å². The molecule has 0 N–H and O–H groups in total. The van der Waals surface area contributed by atoms with Gasteiger partial charge in [0.05, 0.1) is 19.6 Å². The van der Waals surface area contributed by atoms with Crippen molar-refractivity contribution in [2.24, 2.45) is 0 Å². The standard InChI is InChI=1S/C10H7F5N2O2/c1-18-8-5(2-3-16)4-6(19-10(13,14)15)17-7(8)9(11)12/h4,9H,2H2,1H3. The quantitative estimate of drug-likeness (QED) is 0.797. The van der Waals surface area contributed by atoms with Crippen molar-refractivity contribution in [2.75, 3.05) is 7.11 Å². The summed E-state index contributed by atoms with van der Waals surface area (Å²) in [5, 5.41) is 8.52. The van der Waals surface area contributed by atoms with Gasteiger partial charge in [-0.25, -0.2) is 13.8 Å². The van der Waals surface area contributed by atoms with E-state index < -0.39 is 36.5 Å². The van der Waals surface area contributed by atoms with Crippen molar-refractivity contribution in [2.45, 2.75) is 19.2 Å². The molecule has 1 rings (SSSR count). The Morgan fingerprint density at radius 2 is 2.05 bits per heavy atom. The lowest BCUT2D eigenvalue weighted by molar-refractivity contribution is -0.276. The number of methoxy groups -OCH3 is 1. The molecular weight excluding hydrogens is 275 g/mol. The third-order valence-electron chi connectivity index (χ3n) is 1.95. The zero-order valence-electron chi connectivity index (χ0n) is 9.46. The average molecular weight is 282 g/mol. The first kappa shape index (κ1) is 14.9. The molecule has 0 spiro atoms. The third-order valence-corrected chi connectivity index (χ3v) is 1.95. The fourth-order valence-electron chi connectivity index (χ4n) is 1.35. The maximum absolute atomic E-state index is 12.7. The molecule has 0 aliphatic heterocycles. The number of rotatable bonds is 4. The van der Waals surface area contributed by atoms with E-state index in [-0.39, 0.29) is 5.56 Å². The van der Waals surface area contributed by atoms with Gasteiger partial charge >= 0.3 is 6.36 Å². The smallest absolute Gasteiger partial charge is 0.494 e. The molecule has 0 aliphatic carbocycles. The Hall–Kier alpha value is -2.11. The highest BCUT2D eigenvalue weighted by atomic mass is 19.4. The van der Waals surface area contributed by atoms with Crippen LogP contribution in [0.25, 0.3) is 0 Å². The Labute approximate surface area is 104 Å². The van der Waals surface area contributed by atoms with Gasteiger partial charge in [0.15, 0.2) is 11.4 Å². The third kappa shape index (κ3) is 3.94. The number of ether oxygens (including phenoxy) is 2. The summed E-state index contributed by atoms with van der Waals surface area (Å²) >= 11 is 0. The summed E-state index contributed by atoms with van der Waals surface area (Å²) in [5.41, 5.74) is -1.16. The zero-order valence-corrected chi connectivity index (χ0v) is 9.46. The molecule has 0 saturated heterocycles. The molecule has 1 aromatic heterocycles. The van der Waals surface area contributed by atoms with Gasteiger partial charge in [0.1, 0.15) is 0 Å². The number of nitrogens with zero attached hydrogens (tertiary/aromatic N) is 2. The molecular formula is C10H7F5N2O2. The second-order valence-corrected chi connectivity index (χ2v) is 3.22. The Balaban J connectivity index is 3.33. The predicted molar refractivity (Wildman–Crippen MR) is 51.7 cm³/mol. The van der Waals surface area contributed by atoms with Crippen molar-refractivity contribution in [3.05, 3.63) is 17.3 Å². The summed E-state index contributed by atoms with van der Waals surface area (Å²) in [7, 11) is 1.05. The molecule has 0 amide bonds. The van der Waals surface area contributed by atoms with Crippen LogP contribution in [0.2, 0.25) is 0 Å². The van der Waals surface area contributed by atoms with Gasteiger partial charge in [-0.15, -0.1) is 13.2 Å². The molecule has 0 saturated carbocycles. The molecule has 9 heteroatoms. The van der Waals surface area contributed by atoms with Crippen LogP contribution in [0.3, 0.4) is 0 Å². The molecule has 0 aromatic carbocycles. The molecule has 0 atom stereocenters. The lowest BCUT2D eigenvalue weighted by Crippen LogP contribution is -2.18. The van der Waals surface area contributed by atoms with Gasteiger partial charge in [-0.1, -0.05) is 0 Å². The highest BCUT2D eigenvalue weighted by Crippen LogP contribution is 2.34. The largest absolute Gasteiger partial charge is 0.574 e.